The summed E-state index contributed by atoms with van der Waals surface area (Å²) in [4.78, 5) is 37.1. The summed E-state index contributed by atoms with van der Waals surface area (Å²) in [6, 6.07) is 9.12. The Morgan fingerprint density at radius 3 is 2.50 bits per heavy atom. The van der Waals surface area contributed by atoms with E-state index in [4.69, 9.17) is 39.5 Å². The number of nitrogens with one attached hydrogen (secondary N) is 2. The van der Waals surface area contributed by atoms with Crippen LogP contribution in [0, 0.1) is 12.8 Å². The van der Waals surface area contributed by atoms with Crippen LogP contribution >= 0.6 is 34.8 Å². The van der Waals surface area contributed by atoms with Gasteiger partial charge in [-0.1, -0.05) is 34.8 Å². The summed E-state index contributed by atoms with van der Waals surface area (Å²) in [7, 11) is 0. The maximum Gasteiger partial charge on any atom is 0.411 e. The molecule has 4 rings (SSSR count). The fourth-order valence-electron chi connectivity index (χ4n) is 3.18. The van der Waals surface area contributed by atoms with Gasteiger partial charge in [0, 0.05) is 35.1 Å². The van der Waals surface area contributed by atoms with E-state index in [1.807, 2.05) is 25.1 Å². The minimum atomic E-state index is -1.70. The van der Waals surface area contributed by atoms with Crippen molar-refractivity contribution in [1.82, 2.24) is 15.0 Å². The molecule has 0 aliphatic heterocycles. The molecule has 0 radical (unpaired) electrons. The van der Waals surface area contributed by atoms with E-state index in [1.165, 1.54) is 6.20 Å². The van der Waals surface area contributed by atoms with Gasteiger partial charge in [-0.05, 0) is 55.7 Å². The summed E-state index contributed by atoms with van der Waals surface area (Å²) in [6.07, 6.45) is 5.89. The number of aryl methyl sites for hydroxylation is 1. The number of carbonyl (C=O) groups excluding carboxylic acids is 2. The van der Waals surface area contributed by atoms with Gasteiger partial charge in [-0.2, -0.15) is 0 Å². The number of ether oxygens (including phenoxy) is 1. The molecule has 0 saturated heterocycles. The lowest BCUT2D eigenvalue weighted by Crippen LogP contribution is -2.21. The fourth-order valence-corrected chi connectivity index (χ4v) is 3.35. The van der Waals surface area contributed by atoms with E-state index >= 15 is 0 Å². The monoisotopic (exact) mass is 519 g/mol. The highest BCUT2D eigenvalue weighted by Gasteiger charge is 2.29. The first kappa shape index (κ1) is 24.2. The van der Waals surface area contributed by atoms with Gasteiger partial charge in [0.1, 0.15) is 12.4 Å². The Hall–Kier alpha value is -2.94. The second kappa shape index (κ2) is 10.1. The first-order valence-corrected chi connectivity index (χ1v) is 11.5. The minimum Gasteiger partial charge on any atom is -0.445 e. The summed E-state index contributed by atoms with van der Waals surface area (Å²) in [5.41, 5.74) is 4.30. The van der Waals surface area contributed by atoms with Gasteiger partial charge >= 0.3 is 6.09 Å². The summed E-state index contributed by atoms with van der Waals surface area (Å²) in [6.45, 7) is 1.47. The van der Waals surface area contributed by atoms with Crippen molar-refractivity contribution in [2.24, 2.45) is 5.92 Å². The van der Waals surface area contributed by atoms with Crippen LogP contribution in [0.3, 0.4) is 0 Å². The highest BCUT2D eigenvalue weighted by Crippen LogP contribution is 2.31. The topological polar surface area (TPSA) is 106 Å². The van der Waals surface area contributed by atoms with E-state index in [2.05, 4.69) is 25.6 Å². The Bertz CT molecular complexity index is 1230. The largest absolute Gasteiger partial charge is 0.445 e. The second-order valence-electron chi connectivity index (χ2n) is 7.80. The molecule has 0 spiro atoms. The van der Waals surface area contributed by atoms with Crippen molar-refractivity contribution in [2.75, 3.05) is 17.2 Å². The first-order valence-electron chi connectivity index (χ1n) is 10.4. The van der Waals surface area contributed by atoms with E-state index in [0.717, 1.165) is 35.2 Å². The molecule has 3 heterocycles. The van der Waals surface area contributed by atoms with Crippen molar-refractivity contribution >= 4 is 58.3 Å². The van der Waals surface area contributed by atoms with E-state index in [1.54, 1.807) is 24.5 Å². The maximum atomic E-state index is 12.1. The van der Waals surface area contributed by atoms with Crippen LogP contribution in [0.2, 0.25) is 0 Å². The molecule has 0 unspecified atom stereocenters. The van der Waals surface area contributed by atoms with Gasteiger partial charge in [-0.25, -0.2) is 9.78 Å². The van der Waals surface area contributed by atoms with Crippen LogP contribution in [0.25, 0.3) is 22.4 Å². The highest BCUT2D eigenvalue weighted by atomic mass is 35.6. The smallest absolute Gasteiger partial charge is 0.411 e. The third kappa shape index (κ3) is 6.56. The quantitative estimate of drug-likeness (QED) is 0.399. The lowest BCUT2D eigenvalue weighted by molar-refractivity contribution is -0.117. The number of rotatable bonds is 6. The van der Waals surface area contributed by atoms with Crippen molar-refractivity contribution in [3.8, 4) is 22.4 Å². The Morgan fingerprint density at radius 2 is 1.76 bits per heavy atom. The Balaban J connectivity index is 1.54. The van der Waals surface area contributed by atoms with Crippen LogP contribution in [0.1, 0.15) is 18.5 Å². The fraction of sp³-hybridized carbons (Fsp3) is 0.261. The van der Waals surface area contributed by atoms with Crippen molar-refractivity contribution in [3.05, 3.63) is 54.6 Å². The summed E-state index contributed by atoms with van der Waals surface area (Å²) < 4.78 is 3.20. The molecule has 1 saturated carbocycles. The Labute approximate surface area is 211 Å². The standard InChI is InChI=1S/C23H20Cl3N5O3/c1-13-18(10-17(11-29-13)30-22(33)34-12-23(24,25)26)15-4-6-27-19(8-15)16-5-7-28-20(9-16)31-21(32)14-2-3-14/h4-11,14H,2-3,12H2,1H3,(H,30,33)(H,28,31,32). The number of amides is 2. The minimum absolute atomic E-state index is 0.00951. The zero-order valence-electron chi connectivity index (χ0n) is 18.0. The van der Waals surface area contributed by atoms with Gasteiger partial charge in [-0.3, -0.25) is 20.1 Å². The number of halogens is 3. The van der Waals surface area contributed by atoms with E-state index < -0.39 is 16.5 Å². The predicted molar refractivity (Wildman–Crippen MR) is 132 cm³/mol. The van der Waals surface area contributed by atoms with Crippen LogP contribution in [0.4, 0.5) is 16.3 Å². The average Bonchev–Trinajstić information content (AvgIpc) is 3.65. The van der Waals surface area contributed by atoms with Crippen LogP contribution in [0.15, 0.2) is 48.9 Å². The molecular formula is C23H20Cl3N5O3. The molecule has 2 N–H and O–H groups in total. The molecule has 2 amide bonds. The molecule has 8 nitrogen and oxygen atoms in total. The molecule has 34 heavy (non-hydrogen) atoms. The highest BCUT2D eigenvalue weighted by molar-refractivity contribution is 6.67. The molecular weight excluding hydrogens is 501 g/mol. The van der Waals surface area contributed by atoms with E-state index in [0.29, 0.717) is 17.2 Å². The molecule has 176 valence electrons. The molecule has 0 aromatic carbocycles. The SMILES string of the molecule is Cc1ncc(NC(=O)OCC(Cl)(Cl)Cl)cc1-c1ccnc(-c2ccnc(NC(=O)C3CC3)c2)c1. The molecule has 3 aromatic heterocycles. The number of alkyl halides is 3. The number of hydrogen-bond acceptors (Lipinski definition) is 6. The Morgan fingerprint density at radius 1 is 1.03 bits per heavy atom. The van der Waals surface area contributed by atoms with Gasteiger partial charge in [0.25, 0.3) is 0 Å². The predicted octanol–water partition coefficient (Wildman–Crippen LogP) is 5.78. The van der Waals surface area contributed by atoms with Gasteiger partial charge < -0.3 is 10.1 Å². The van der Waals surface area contributed by atoms with E-state index in [9.17, 15) is 9.59 Å². The molecule has 1 aliphatic rings. The second-order valence-corrected chi connectivity index (χ2v) is 10.3. The van der Waals surface area contributed by atoms with Gasteiger partial charge in [-0.15, -0.1) is 0 Å². The van der Waals surface area contributed by atoms with Crippen molar-refractivity contribution in [2.45, 2.75) is 23.6 Å². The van der Waals surface area contributed by atoms with Crippen molar-refractivity contribution in [1.29, 1.82) is 0 Å². The molecule has 1 aliphatic carbocycles. The molecule has 11 heteroatoms. The average molecular weight is 521 g/mol. The third-order valence-electron chi connectivity index (χ3n) is 5.03. The third-order valence-corrected chi connectivity index (χ3v) is 5.35. The van der Waals surface area contributed by atoms with Crippen LogP contribution in [-0.4, -0.2) is 37.4 Å². The summed E-state index contributed by atoms with van der Waals surface area (Å²) in [5.74, 6) is 0.562. The first-order chi connectivity index (χ1) is 16.2. The number of pyridine rings is 3. The van der Waals surface area contributed by atoms with E-state index in [-0.39, 0.29) is 11.8 Å². The number of carbonyl (C=O) groups is 2. The normalized spacial score (nSPS) is 13.3. The molecule has 0 atom stereocenters. The molecule has 1 fully saturated rings. The van der Waals surface area contributed by atoms with Crippen LogP contribution in [0.5, 0.6) is 0 Å². The van der Waals surface area contributed by atoms with Crippen LogP contribution < -0.4 is 10.6 Å². The summed E-state index contributed by atoms with van der Waals surface area (Å²) in [5, 5.41) is 5.42. The number of aromatic nitrogens is 3. The van der Waals surface area contributed by atoms with Gasteiger partial charge in [0.15, 0.2) is 0 Å². The molecule has 3 aromatic rings. The summed E-state index contributed by atoms with van der Waals surface area (Å²) >= 11 is 16.8. The lowest BCUT2D eigenvalue weighted by atomic mass is 10.0. The van der Waals surface area contributed by atoms with Crippen molar-refractivity contribution in [3.63, 3.8) is 0 Å². The zero-order chi connectivity index (χ0) is 24.3. The lowest BCUT2D eigenvalue weighted by Gasteiger charge is -2.13. The number of hydrogen-bond donors (Lipinski definition) is 2. The van der Waals surface area contributed by atoms with Gasteiger partial charge in [0.05, 0.1) is 17.6 Å². The zero-order valence-corrected chi connectivity index (χ0v) is 20.3. The Kier molecular flexibility index (Phi) is 7.21. The van der Waals surface area contributed by atoms with Crippen LogP contribution in [-0.2, 0) is 9.53 Å². The van der Waals surface area contributed by atoms with Gasteiger partial charge in [0.2, 0.25) is 9.70 Å². The number of nitrogens with zero attached hydrogens (tertiary/aromatic N) is 3. The maximum absolute atomic E-state index is 12.1. The molecule has 0 bridgehead atoms. The van der Waals surface area contributed by atoms with Crippen molar-refractivity contribution < 1.29 is 14.3 Å². The number of anilines is 2.